The number of sulfonamides is 1. The lowest BCUT2D eigenvalue weighted by atomic mass is 10.2. The van der Waals surface area contributed by atoms with Crippen LogP contribution in [0.3, 0.4) is 0 Å². The molecule has 1 aromatic heterocycles. The number of imidazole rings is 1. The minimum Gasteiger partial charge on any atom is -0.337 e. The van der Waals surface area contributed by atoms with Gasteiger partial charge < -0.3 is 4.98 Å². The van der Waals surface area contributed by atoms with Crippen molar-refractivity contribution < 1.29 is 12.8 Å². The van der Waals surface area contributed by atoms with E-state index in [1.165, 1.54) is 38.4 Å². The molecule has 130 valence electrons. The first-order valence-corrected chi connectivity index (χ1v) is 9.15. The molecule has 0 spiro atoms. The van der Waals surface area contributed by atoms with Crippen LogP contribution in [0.4, 0.5) is 4.39 Å². The number of halogens is 2. The van der Waals surface area contributed by atoms with E-state index in [9.17, 15) is 12.8 Å². The van der Waals surface area contributed by atoms with E-state index < -0.39 is 15.8 Å². The second-order valence-corrected chi connectivity index (χ2v) is 8.12. The Kier molecular flexibility index (Phi) is 4.64. The van der Waals surface area contributed by atoms with E-state index in [2.05, 4.69) is 9.97 Å². The maximum absolute atomic E-state index is 13.7. The van der Waals surface area contributed by atoms with Crippen molar-refractivity contribution in [2.24, 2.45) is 0 Å². The first-order valence-electron chi connectivity index (χ1n) is 7.33. The molecule has 8 heteroatoms. The highest BCUT2D eigenvalue weighted by Crippen LogP contribution is 2.25. The normalized spacial score (nSPS) is 12.9. The third-order valence-corrected chi connectivity index (χ3v) is 5.74. The first kappa shape index (κ1) is 17.6. The van der Waals surface area contributed by atoms with Gasteiger partial charge in [0.2, 0.25) is 10.0 Å². The van der Waals surface area contributed by atoms with Crippen molar-refractivity contribution in [1.29, 1.82) is 0 Å². The number of nitrogens with zero attached hydrogens (tertiary/aromatic N) is 2. The Morgan fingerprint density at radius 1 is 1.24 bits per heavy atom. The maximum atomic E-state index is 13.7. The summed E-state index contributed by atoms with van der Waals surface area (Å²) >= 11 is 6.24. The maximum Gasteiger partial charge on any atom is 0.242 e. The largest absolute Gasteiger partial charge is 0.337 e. The molecule has 3 aromatic rings. The van der Waals surface area contributed by atoms with E-state index in [4.69, 9.17) is 11.6 Å². The van der Waals surface area contributed by atoms with Gasteiger partial charge >= 0.3 is 0 Å². The lowest BCUT2D eigenvalue weighted by Gasteiger charge is -2.10. The standard InChI is InChI=1S/C17H15ClFN3O2S/c1-22(2)25(23,24)12-7-8-15-16(10-12)21-17(20-15)13(18)9-11-5-3-4-6-14(11)19/h3-10H,1-2H3,(H,20,21). The van der Waals surface area contributed by atoms with Crippen LogP contribution in [-0.4, -0.2) is 36.8 Å². The van der Waals surface area contributed by atoms with Crippen molar-refractivity contribution in [3.05, 3.63) is 59.7 Å². The Balaban J connectivity index is 2.03. The molecular weight excluding hydrogens is 365 g/mol. The number of hydrogen-bond acceptors (Lipinski definition) is 3. The van der Waals surface area contributed by atoms with Crippen molar-refractivity contribution in [3.8, 4) is 0 Å². The molecule has 0 atom stereocenters. The summed E-state index contributed by atoms with van der Waals surface area (Å²) in [5.41, 5.74) is 1.43. The van der Waals surface area contributed by atoms with Gasteiger partial charge in [-0.2, -0.15) is 0 Å². The van der Waals surface area contributed by atoms with Crippen LogP contribution < -0.4 is 0 Å². The highest BCUT2D eigenvalue weighted by atomic mass is 35.5. The van der Waals surface area contributed by atoms with Gasteiger partial charge in [0.05, 0.1) is 21.0 Å². The molecule has 2 aromatic carbocycles. The Bertz CT molecular complexity index is 1070. The molecule has 0 aliphatic heterocycles. The Morgan fingerprint density at radius 3 is 2.64 bits per heavy atom. The summed E-state index contributed by atoms with van der Waals surface area (Å²) in [5.74, 6) is -0.0598. The van der Waals surface area contributed by atoms with Crippen LogP contribution in [0, 0.1) is 5.82 Å². The molecule has 0 bridgehead atoms. The molecule has 0 fully saturated rings. The molecule has 25 heavy (non-hydrogen) atoms. The second kappa shape index (κ2) is 6.59. The Labute approximate surface area is 149 Å². The molecule has 1 N–H and O–H groups in total. The highest BCUT2D eigenvalue weighted by molar-refractivity contribution is 7.89. The van der Waals surface area contributed by atoms with Crippen LogP contribution in [-0.2, 0) is 10.0 Å². The zero-order valence-corrected chi connectivity index (χ0v) is 15.1. The van der Waals surface area contributed by atoms with Crippen molar-refractivity contribution in [3.63, 3.8) is 0 Å². The molecule has 0 unspecified atom stereocenters. The molecular formula is C17H15ClFN3O2S. The van der Waals surface area contributed by atoms with Crippen LogP contribution in [0.1, 0.15) is 11.4 Å². The molecule has 1 heterocycles. The van der Waals surface area contributed by atoms with Crippen LogP contribution >= 0.6 is 11.6 Å². The SMILES string of the molecule is CN(C)S(=O)(=O)c1ccc2nc(C(Cl)=Cc3ccccc3F)[nH]c2c1. The van der Waals surface area contributed by atoms with E-state index in [-0.39, 0.29) is 9.93 Å². The predicted octanol–water partition coefficient (Wildman–Crippen LogP) is 3.69. The number of aromatic amines is 1. The lowest BCUT2D eigenvalue weighted by Crippen LogP contribution is -2.22. The van der Waals surface area contributed by atoms with Gasteiger partial charge in [-0.05, 0) is 30.3 Å². The zero-order valence-electron chi connectivity index (χ0n) is 13.5. The smallest absolute Gasteiger partial charge is 0.242 e. The number of nitrogens with one attached hydrogen (secondary N) is 1. The minimum atomic E-state index is -3.55. The van der Waals surface area contributed by atoms with Crippen LogP contribution in [0.2, 0.25) is 0 Å². The second-order valence-electron chi connectivity index (χ2n) is 5.57. The summed E-state index contributed by atoms with van der Waals surface area (Å²) in [5, 5.41) is 0.221. The summed E-state index contributed by atoms with van der Waals surface area (Å²) < 4.78 is 39.3. The third kappa shape index (κ3) is 3.44. The van der Waals surface area contributed by atoms with Gasteiger partial charge in [-0.3, -0.25) is 0 Å². The van der Waals surface area contributed by atoms with Crippen LogP contribution in [0.15, 0.2) is 47.4 Å². The zero-order chi connectivity index (χ0) is 18.2. The van der Waals surface area contributed by atoms with E-state index in [0.29, 0.717) is 22.4 Å². The molecule has 3 rings (SSSR count). The fraction of sp³-hybridized carbons (Fsp3) is 0.118. The molecule has 0 saturated heterocycles. The molecule has 0 aliphatic rings. The summed E-state index contributed by atoms with van der Waals surface area (Å²) in [6.45, 7) is 0. The van der Waals surface area contributed by atoms with E-state index in [1.54, 1.807) is 24.3 Å². The van der Waals surface area contributed by atoms with Crippen LogP contribution in [0.25, 0.3) is 22.1 Å². The average molecular weight is 380 g/mol. The highest BCUT2D eigenvalue weighted by Gasteiger charge is 2.18. The van der Waals surface area contributed by atoms with Gasteiger partial charge in [-0.1, -0.05) is 29.8 Å². The van der Waals surface area contributed by atoms with Gasteiger partial charge in [-0.25, -0.2) is 22.1 Å². The van der Waals surface area contributed by atoms with Gasteiger partial charge in [0.15, 0.2) is 0 Å². The molecule has 0 aliphatic carbocycles. The summed E-state index contributed by atoms with van der Waals surface area (Å²) in [4.78, 5) is 7.44. The van der Waals surface area contributed by atoms with Crippen molar-refractivity contribution in [2.45, 2.75) is 4.90 Å². The molecule has 0 amide bonds. The van der Waals surface area contributed by atoms with Crippen LogP contribution in [0.5, 0.6) is 0 Å². The number of hydrogen-bond donors (Lipinski definition) is 1. The van der Waals surface area contributed by atoms with Crippen molar-refractivity contribution in [1.82, 2.24) is 14.3 Å². The number of H-pyrrole nitrogens is 1. The topological polar surface area (TPSA) is 66.1 Å². The number of rotatable bonds is 4. The van der Waals surface area contributed by atoms with Gasteiger partial charge in [0.1, 0.15) is 11.6 Å². The Morgan fingerprint density at radius 2 is 1.96 bits per heavy atom. The van der Waals surface area contributed by atoms with E-state index in [0.717, 1.165) is 4.31 Å². The third-order valence-electron chi connectivity index (χ3n) is 3.65. The Hall–Kier alpha value is -2.22. The molecule has 5 nitrogen and oxygen atoms in total. The number of aromatic nitrogens is 2. The minimum absolute atomic E-state index is 0.148. The van der Waals surface area contributed by atoms with E-state index >= 15 is 0 Å². The fourth-order valence-corrected chi connectivity index (χ4v) is 3.41. The monoisotopic (exact) mass is 379 g/mol. The van der Waals surface area contributed by atoms with E-state index in [1.807, 2.05) is 0 Å². The predicted molar refractivity (Wildman–Crippen MR) is 97.1 cm³/mol. The number of benzene rings is 2. The van der Waals surface area contributed by atoms with Gasteiger partial charge in [0, 0.05) is 19.7 Å². The average Bonchev–Trinajstić information content (AvgIpc) is 3.00. The molecule has 0 radical (unpaired) electrons. The lowest BCUT2D eigenvalue weighted by molar-refractivity contribution is 0.521. The summed E-state index contributed by atoms with van der Waals surface area (Å²) in [6.07, 6.45) is 1.46. The van der Waals surface area contributed by atoms with Gasteiger partial charge in [0.25, 0.3) is 0 Å². The van der Waals surface area contributed by atoms with Crippen molar-refractivity contribution >= 4 is 43.8 Å². The number of fused-ring (bicyclic) bond motifs is 1. The fourth-order valence-electron chi connectivity index (χ4n) is 2.27. The molecule has 0 saturated carbocycles. The first-order chi connectivity index (χ1) is 11.8. The summed E-state index contributed by atoms with van der Waals surface area (Å²) in [7, 11) is -0.617. The summed E-state index contributed by atoms with van der Waals surface area (Å²) in [6, 6.07) is 10.8. The van der Waals surface area contributed by atoms with Crippen molar-refractivity contribution in [2.75, 3.05) is 14.1 Å². The van der Waals surface area contributed by atoms with Gasteiger partial charge in [-0.15, -0.1) is 0 Å². The quantitative estimate of drug-likeness (QED) is 0.751.